The van der Waals surface area contributed by atoms with Crippen molar-refractivity contribution in [1.82, 2.24) is 10.1 Å². The smallest absolute Gasteiger partial charge is 0.227 e. The second kappa shape index (κ2) is 5.68. The summed E-state index contributed by atoms with van der Waals surface area (Å²) in [6, 6.07) is 8.03. The van der Waals surface area contributed by atoms with Gasteiger partial charge in [-0.3, -0.25) is 4.79 Å². The molecular formula is C16H17FN2O2. The Hall–Kier alpha value is -2.17. The molecule has 2 aromatic rings. The van der Waals surface area contributed by atoms with Crippen LogP contribution >= 0.6 is 0 Å². The quantitative estimate of drug-likeness (QED) is 0.872. The van der Waals surface area contributed by atoms with Gasteiger partial charge in [-0.1, -0.05) is 17.3 Å². The first kappa shape index (κ1) is 13.8. The summed E-state index contributed by atoms with van der Waals surface area (Å²) in [5.74, 6) is 0.434. The summed E-state index contributed by atoms with van der Waals surface area (Å²) in [5, 5.41) is 4.02. The van der Waals surface area contributed by atoms with E-state index in [1.807, 2.05) is 17.9 Å². The summed E-state index contributed by atoms with van der Waals surface area (Å²) in [7, 11) is 0. The Morgan fingerprint density at radius 2 is 2.33 bits per heavy atom. The number of aryl methyl sites for hydroxylation is 1. The Labute approximate surface area is 122 Å². The van der Waals surface area contributed by atoms with Crippen molar-refractivity contribution in [3.63, 3.8) is 0 Å². The summed E-state index contributed by atoms with van der Waals surface area (Å²) < 4.78 is 18.3. The van der Waals surface area contributed by atoms with Gasteiger partial charge in [0, 0.05) is 12.6 Å². The molecule has 1 aliphatic heterocycles. The third kappa shape index (κ3) is 2.96. The second-order valence-electron chi connectivity index (χ2n) is 5.41. The van der Waals surface area contributed by atoms with Crippen LogP contribution in [0.2, 0.25) is 0 Å². The molecule has 0 N–H and O–H groups in total. The maximum atomic E-state index is 13.2. The molecule has 1 aromatic carbocycles. The zero-order valence-electron chi connectivity index (χ0n) is 11.9. The Bertz CT molecular complexity index is 653. The van der Waals surface area contributed by atoms with Crippen molar-refractivity contribution in [3.05, 3.63) is 53.2 Å². The Morgan fingerprint density at radius 3 is 3.05 bits per heavy atom. The van der Waals surface area contributed by atoms with Crippen molar-refractivity contribution in [1.29, 1.82) is 0 Å². The molecule has 3 rings (SSSR count). The van der Waals surface area contributed by atoms with E-state index in [2.05, 4.69) is 5.16 Å². The fraction of sp³-hybridized carbons (Fsp3) is 0.375. The van der Waals surface area contributed by atoms with E-state index in [1.165, 1.54) is 12.1 Å². The van der Waals surface area contributed by atoms with Crippen LogP contribution in [0.4, 0.5) is 4.39 Å². The molecule has 1 unspecified atom stereocenters. The van der Waals surface area contributed by atoms with Crippen molar-refractivity contribution in [2.45, 2.75) is 32.2 Å². The molecule has 0 radical (unpaired) electrons. The highest BCUT2D eigenvalue weighted by Crippen LogP contribution is 2.32. The van der Waals surface area contributed by atoms with Crippen molar-refractivity contribution in [2.75, 3.05) is 6.54 Å². The van der Waals surface area contributed by atoms with E-state index in [9.17, 15) is 9.18 Å². The van der Waals surface area contributed by atoms with E-state index >= 15 is 0 Å². The van der Waals surface area contributed by atoms with E-state index in [4.69, 9.17) is 4.52 Å². The minimum atomic E-state index is -0.314. The molecular weight excluding hydrogens is 271 g/mol. The lowest BCUT2D eigenvalue weighted by Gasteiger charge is -2.23. The van der Waals surface area contributed by atoms with Crippen LogP contribution in [0.25, 0.3) is 0 Å². The molecule has 110 valence electrons. The lowest BCUT2D eigenvalue weighted by molar-refractivity contribution is -0.131. The van der Waals surface area contributed by atoms with Crippen LogP contribution in [0.3, 0.4) is 0 Å². The molecule has 0 bridgehead atoms. The number of aromatic nitrogens is 1. The van der Waals surface area contributed by atoms with Crippen LogP contribution in [0.15, 0.2) is 34.9 Å². The van der Waals surface area contributed by atoms with E-state index in [1.54, 1.807) is 12.1 Å². The predicted molar refractivity (Wildman–Crippen MR) is 75.0 cm³/mol. The average molecular weight is 288 g/mol. The zero-order valence-corrected chi connectivity index (χ0v) is 11.9. The number of carbonyl (C=O) groups is 1. The van der Waals surface area contributed by atoms with E-state index in [0.717, 1.165) is 24.3 Å². The first-order valence-electron chi connectivity index (χ1n) is 7.10. The number of likely N-dealkylation sites (tertiary alicyclic amines) is 1. The molecule has 0 aliphatic carbocycles. The van der Waals surface area contributed by atoms with Gasteiger partial charge in [-0.2, -0.15) is 0 Å². The zero-order chi connectivity index (χ0) is 14.8. The fourth-order valence-electron chi connectivity index (χ4n) is 2.84. The molecule has 1 amide bonds. The molecule has 1 fully saturated rings. The number of amides is 1. The van der Waals surface area contributed by atoms with Gasteiger partial charge in [-0.25, -0.2) is 4.39 Å². The van der Waals surface area contributed by atoms with Gasteiger partial charge in [0.15, 0.2) is 0 Å². The van der Waals surface area contributed by atoms with Crippen LogP contribution in [-0.4, -0.2) is 22.5 Å². The average Bonchev–Trinajstić information content (AvgIpc) is 3.06. The highest BCUT2D eigenvalue weighted by atomic mass is 19.1. The van der Waals surface area contributed by atoms with Crippen LogP contribution < -0.4 is 0 Å². The topological polar surface area (TPSA) is 46.3 Å². The Kier molecular flexibility index (Phi) is 3.73. The van der Waals surface area contributed by atoms with Gasteiger partial charge in [0.2, 0.25) is 5.91 Å². The van der Waals surface area contributed by atoms with Gasteiger partial charge in [0.25, 0.3) is 0 Å². The number of benzene rings is 1. The Morgan fingerprint density at radius 1 is 1.48 bits per heavy atom. The first-order chi connectivity index (χ1) is 10.1. The highest BCUT2D eigenvalue weighted by molar-refractivity contribution is 5.79. The van der Waals surface area contributed by atoms with Crippen molar-refractivity contribution in [3.8, 4) is 0 Å². The molecule has 1 atom stereocenters. The van der Waals surface area contributed by atoms with Gasteiger partial charge in [-0.05, 0) is 37.5 Å². The molecule has 2 heterocycles. The molecule has 1 aromatic heterocycles. The summed E-state index contributed by atoms with van der Waals surface area (Å²) >= 11 is 0. The predicted octanol–water partition coefficient (Wildman–Crippen LogP) is 3.03. The number of rotatable bonds is 3. The summed E-state index contributed by atoms with van der Waals surface area (Å²) in [5.41, 5.74) is 1.50. The second-order valence-corrected chi connectivity index (χ2v) is 5.41. The Balaban J connectivity index is 1.74. The van der Waals surface area contributed by atoms with Crippen molar-refractivity contribution in [2.24, 2.45) is 0 Å². The number of carbonyl (C=O) groups excluding carboxylic acids is 1. The van der Waals surface area contributed by atoms with E-state index in [0.29, 0.717) is 12.1 Å². The number of halogens is 1. The summed E-state index contributed by atoms with van der Waals surface area (Å²) in [4.78, 5) is 14.3. The number of nitrogens with zero attached hydrogens (tertiary/aromatic N) is 2. The summed E-state index contributed by atoms with van der Waals surface area (Å²) in [6.45, 7) is 2.55. The number of hydrogen-bond acceptors (Lipinski definition) is 3. The van der Waals surface area contributed by atoms with Crippen LogP contribution in [0, 0.1) is 12.7 Å². The van der Waals surface area contributed by atoms with Crippen molar-refractivity contribution < 1.29 is 13.7 Å². The molecule has 1 saturated heterocycles. The molecule has 5 heteroatoms. The highest BCUT2D eigenvalue weighted by Gasteiger charge is 2.31. The molecule has 0 saturated carbocycles. The normalized spacial score (nSPS) is 18.2. The van der Waals surface area contributed by atoms with E-state index < -0.39 is 0 Å². The van der Waals surface area contributed by atoms with Gasteiger partial charge in [0.1, 0.15) is 17.3 Å². The SMILES string of the molecule is Cc1cc(C2CCCN2C(=O)Cc2cccc(F)c2)no1. The minimum absolute atomic E-state index is 0.00348. The van der Waals surface area contributed by atoms with E-state index in [-0.39, 0.29) is 24.2 Å². The molecule has 0 spiro atoms. The monoisotopic (exact) mass is 288 g/mol. The fourth-order valence-corrected chi connectivity index (χ4v) is 2.84. The maximum Gasteiger partial charge on any atom is 0.227 e. The van der Waals surface area contributed by atoms with Crippen LogP contribution in [0.5, 0.6) is 0 Å². The summed E-state index contributed by atoms with van der Waals surface area (Å²) in [6.07, 6.45) is 2.05. The third-order valence-corrected chi connectivity index (χ3v) is 3.81. The van der Waals surface area contributed by atoms with Gasteiger partial charge >= 0.3 is 0 Å². The van der Waals surface area contributed by atoms with Crippen LogP contribution in [0.1, 0.15) is 35.9 Å². The largest absolute Gasteiger partial charge is 0.361 e. The minimum Gasteiger partial charge on any atom is -0.361 e. The third-order valence-electron chi connectivity index (χ3n) is 3.81. The maximum absolute atomic E-state index is 13.2. The molecule has 4 nitrogen and oxygen atoms in total. The van der Waals surface area contributed by atoms with Gasteiger partial charge < -0.3 is 9.42 Å². The van der Waals surface area contributed by atoms with Gasteiger partial charge in [0.05, 0.1) is 12.5 Å². The molecule has 21 heavy (non-hydrogen) atoms. The lowest BCUT2D eigenvalue weighted by atomic mass is 10.1. The lowest BCUT2D eigenvalue weighted by Crippen LogP contribution is -2.32. The van der Waals surface area contributed by atoms with Crippen molar-refractivity contribution >= 4 is 5.91 Å². The van der Waals surface area contributed by atoms with Gasteiger partial charge in [-0.15, -0.1) is 0 Å². The standard InChI is InChI=1S/C16H17FN2O2/c1-11-8-14(18-21-11)15-6-3-7-19(15)16(20)10-12-4-2-5-13(17)9-12/h2,4-5,8-9,15H,3,6-7,10H2,1H3. The molecule has 1 aliphatic rings. The number of hydrogen-bond donors (Lipinski definition) is 0. The first-order valence-corrected chi connectivity index (χ1v) is 7.10. The van der Waals surface area contributed by atoms with Crippen LogP contribution in [-0.2, 0) is 11.2 Å².